The van der Waals surface area contributed by atoms with Gasteiger partial charge in [-0.05, 0) is 47.2 Å². The molecule has 0 unspecified atom stereocenters. The second-order valence-electron chi connectivity index (χ2n) is 8.73. The van der Waals surface area contributed by atoms with Crippen LogP contribution in [0.5, 0.6) is 0 Å². The van der Waals surface area contributed by atoms with Crippen molar-refractivity contribution < 1.29 is 8.96 Å². The van der Waals surface area contributed by atoms with E-state index in [1.807, 2.05) is 18.2 Å². The molecule has 3 aromatic heterocycles. The fourth-order valence-corrected chi connectivity index (χ4v) is 5.51. The minimum Gasteiger partial charge on any atom is -0.305 e. The van der Waals surface area contributed by atoms with Crippen molar-refractivity contribution in [1.29, 1.82) is 0 Å². The Hall–Kier alpha value is -3.98. The molecular formula is C29H20FN2+. The van der Waals surface area contributed by atoms with Gasteiger partial charge in [-0.25, -0.2) is 8.96 Å². The van der Waals surface area contributed by atoms with Gasteiger partial charge in [0.05, 0.1) is 27.3 Å². The Morgan fingerprint density at radius 3 is 2.41 bits per heavy atom. The first-order valence-corrected chi connectivity index (χ1v) is 10.9. The van der Waals surface area contributed by atoms with E-state index in [0.29, 0.717) is 5.52 Å². The first-order chi connectivity index (χ1) is 15.6. The fourth-order valence-electron chi connectivity index (χ4n) is 5.51. The molecule has 4 aromatic carbocycles. The molecule has 3 heterocycles. The van der Waals surface area contributed by atoms with Crippen LogP contribution in [0.4, 0.5) is 4.39 Å². The maximum Gasteiger partial charge on any atom is 0.224 e. The van der Waals surface area contributed by atoms with E-state index in [9.17, 15) is 0 Å². The lowest BCUT2D eigenvalue weighted by molar-refractivity contribution is -0.643. The van der Waals surface area contributed by atoms with Gasteiger partial charge in [0.1, 0.15) is 12.9 Å². The Balaban J connectivity index is 1.87. The highest BCUT2D eigenvalue weighted by atomic mass is 19.1. The third kappa shape index (κ3) is 2.10. The summed E-state index contributed by atoms with van der Waals surface area (Å²) in [6.07, 6.45) is 2.13. The molecule has 32 heavy (non-hydrogen) atoms. The van der Waals surface area contributed by atoms with E-state index in [1.165, 1.54) is 21.9 Å². The quantitative estimate of drug-likeness (QED) is 0.156. The predicted octanol–water partition coefficient (Wildman–Crippen LogP) is 6.93. The Morgan fingerprint density at radius 2 is 1.56 bits per heavy atom. The molecule has 0 spiro atoms. The molecule has 0 aliphatic rings. The third-order valence-electron chi connectivity index (χ3n) is 6.91. The smallest absolute Gasteiger partial charge is 0.224 e. The molecule has 0 atom stereocenters. The topological polar surface area (TPSA) is 8.29 Å². The molecule has 0 bridgehead atoms. The summed E-state index contributed by atoms with van der Waals surface area (Å²) in [6.45, 7) is 2.15. The number of aryl methyl sites for hydroxylation is 2. The summed E-state index contributed by atoms with van der Waals surface area (Å²) < 4.78 is 19.7. The predicted molar refractivity (Wildman–Crippen MR) is 130 cm³/mol. The molecule has 0 aliphatic heterocycles. The lowest BCUT2D eigenvalue weighted by Crippen LogP contribution is -2.28. The van der Waals surface area contributed by atoms with E-state index in [4.69, 9.17) is 0 Å². The molecule has 0 N–H and O–H groups in total. The van der Waals surface area contributed by atoms with Gasteiger partial charge in [-0.15, -0.1) is 0 Å². The Kier molecular flexibility index (Phi) is 3.34. The van der Waals surface area contributed by atoms with Gasteiger partial charge in [0.15, 0.2) is 6.20 Å². The summed E-state index contributed by atoms with van der Waals surface area (Å²) in [4.78, 5) is 0. The Morgan fingerprint density at radius 1 is 0.750 bits per heavy atom. The van der Waals surface area contributed by atoms with Crippen LogP contribution in [-0.2, 0) is 7.05 Å². The monoisotopic (exact) mass is 415 g/mol. The van der Waals surface area contributed by atoms with Crippen molar-refractivity contribution in [3.8, 4) is 11.1 Å². The van der Waals surface area contributed by atoms with Crippen LogP contribution in [0.1, 0.15) is 5.56 Å². The zero-order chi connectivity index (χ0) is 21.6. The number of rotatable bonds is 1. The normalized spacial score (nSPS) is 12.2. The molecule has 0 radical (unpaired) electrons. The molecule has 2 nitrogen and oxygen atoms in total. The fraction of sp³-hybridized carbons (Fsp3) is 0.0690. The maximum atomic E-state index is 15.4. The van der Waals surface area contributed by atoms with Crippen LogP contribution >= 0.6 is 0 Å². The molecule has 0 amide bonds. The number of nitrogens with zero attached hydrogens (tertiary/aromatic N) is 2. The molecule has 0 saturated heterocycles. The minimum atomic E-state index is -0.190. The van der Waals surface area contributed by atoms with Gasteiger partial charge >= 0.3 is 0 Å². The van der Waals surface area contributed by atoms with E-state index >= 15 is 4.39 Å². The van der Waals surface area contributed by atoms with E-state index in [-0.39, 0.29) is 5.82 Å². The van der Waals surface area contributed by atoms with Gasteiger partial charge in [-0.2, -0.15) is 0 Å². The van der Waals surface area contributed by atoms with E-state index < -0.39 is 0 Å². The number of halogens is 1. The van der Waals surface area contributed by atoms with Crippen LogP contribution in [0, 0.1) is 12.7 Å². The van der Waals surface area contributed by atoms with E-state index in [1.54, 1.807) is 6.07 Å². The Bertz CT molecular complexity index is 1850. The van der Waals surface area contributed by atoms with Crippen molar-refractivity contribution in [1.82, 2.24) is 4.40 Å². The summed E-state index contributed by atoms with van der Waals surface area (Å²) in [5, 5.41) is 5.56. The summed E-state index contributed by atoms with van der Waals surface area (Å²) in [5.41, 5.74) is 7.46. The molecule has 0 saturated carbocycles. The molecule has 152 valence electrons. The average molecular weight is 415 g/mol. The van der Waals surface area contributed by atoms with Crippen LogP contribution in [0.15, 0.2) is 85.1 Å². The summed E-state index contributed by atoms with van der Waals surface area (Å²) in [6, 6.07) is 26.7. The van der Waals surface area contributed by atoms with Crippen molar-refractivity contribution in [2.24, 2.45) is 7.05 Å². The second-order valence-corrected chi connectivity index (χ2v) is 8.73. The van der Waals surface area contributed by atoms with Crippen molar-refractivity contribution in [2.45, 2.75) is 6.92 Å². The SMILES string of the molecule is Cc1ccc2c3cccc(F)c3n3c4cc(-c5ccccc5)cc5cc[n+](C)c(c1c23)c54. The number of fused-ring (bicyclic) bond motifs is 5. The molecular weight excluding hydrogens is 395 g/mol. The summed E-state index contributed by atoms with van der Waals surface area (Å²) in [7, 11) is 2.10. The number of hydrogen-bond acceptors (Lipinski definition) is 0. The van der Waals surface area contributed by atoms with Gasteiger partial charge in [0.25, 0.3) is 0 Å². The molecule has 0 fully saturated rings. The summed E-state index contributed by atoms with van der Waals surface area (Å²) in [5.74, 6) is -0.190. The van der Waals surface area contributed by atoms with Crippen LogP contribution in [0.25, 0.3) is 60.1 Å². The van der Waals surface area contributed by atoms with Gasteiger partial charge in [0.2, 0.25) is 5.52 Å². The Labute approximate surface area is 184 Å². The van der Waals surface area contributed by atoms with Gasteiger partial charge < -0.3 is 4.40 Å². The third-order valence-corrected chi connectivity index (χ3v) is 6.91. The van der Waals surface area contributed by atoms with Gasteiger partial charge in [-0.3, -0.25) is 0 Å². The number of aromatic nitrogens is 2. The number of hydrogen-bond donors (Lipinski definition) is 0. The lowest BCUT2D eigenvalue weighted by Gasteiger charge is -2.14. The summed E-state index contributed by atoms with van der Waals surface area (Å²) >= 11 is 0. The van der Waals surface area contributed by atoms with Gasteiger partial charge in [0, 0.05) is 16.8 Å². The standard InChI is InChI=1S/C29H20FN2/c1-17-11-12-22-21-9-6-10-23(30)27(21)32-24-16-20(18-7-4-3-5-8-18)15-19-13-14-31(2)29(26(19)24)25(17)28(22)32/h3-16H,1-2H3/q+1. The maximum absolute atomic E-state index is 15.4. The van der Waals surface area contributed by atoms with E-state index in [2.05, 4.69) is 83.7 Å². The van der Waals surface area contributed by atoms with E-state index in [0.717, 1.165) is 38.3 Å². The zero-order valence-electron chi connectivity index (χ0n) is 17.9. The first-order valence-electron chi connectivity index (χ1n) is 10.9. The van der Waals surface area contributed by atoms with Crippen LogP contribution in [0.2, 0.25) is 0 Å². The van der Waals surface area contributed by atoms with Gasteiger partial charge in [-0.1, -0.05) is 54.6 Å². The first kappa shape index (κ1) is 17.7. The number of benzene rings is 4. The highest BCUT2D eigenvalue weighted by Crippen LogP contribution is 2.42. The second kappa shape index (κ2) is 6.04. The van der Waals surface area contributed by atoms with Crippen molar-refractivity contribution in [2.75, 3.05) is 0 Å². The zero-order valence-corrected chi connectivity index (χ0v) is 17.9. The van der Waals surface area contributed by atoms with Crippen LogP contribution < -0.4 is 4.57 Å². The largest absolute Gasteiger partial charge is 0.305 e. The number of pyridine rings is 2. The van der Waals surface area contributed by atoms with Crippen LogP contribution in [0.3, 0.4) is 0 Å². The molecule has 7 rings (SSSR count). The van der Waals surface area contributed by atoms with Crippen molar-refractivity contribution >= 4 is 49.0 Å². The lowest BCUT2D eigenvalue weighted by atomic mass is 9.96. The molecule has 3 heteroatoms. The minimum absolute atomic E-state index is 0.190. The van der Waals surface area contributed by atoms with Crippen LogP contribution in [-0.4, -0.2) is 4.40 Å². The highest BCUT2D eigenvalue weighted by Gasteiger charge is 2.25. The molecule has 7 aromatic rings. The average Bonchev–Trinajstić information content (AvgIpc) is 3.16. The highest BCUT2D eigenvalue weighted by molar-refractivity contribution is 6.26. The van der Waals surface area contributed by atoms with Crippen molar-refractivity contribution in [3.63, 3.8) is 0 Å². The van der Waals surface area contributed by atoms with Crippen molar-refractivity contribution in [3.05, 3.63) is 96.4 Å². The number of para-hydroxylation sites is 1. The molecule has 0 aliphatic carbocycles.